The number of nitro groups is 1. The largest absolute Gasteiger partial charge is 0.397 e. The van der Waals surface area contributed by atoms with Crippen molar-refractivity contribution in [2.45, 2.75) is 20.3 Å². The van der Waals surface area contributed by atoms with Gasteiger partial charge in [0.05, 0.1) is 16.3 Å². The van der Waals surface area contributed by atoms with E-state index in [1.807, 2.05) is 0 Å². The third-order valence-electron chi connectivity index (χ3n) is 4.10. The minimum atomic E-state index is -0.425. The van der Waals surface area contributed by atoms with E-state index in [4.69, 9.17) is 5.73 Å². The topological polar surface area (TPSA) is 72.4 Å². The van der Waals surface area contributed by atoms with Crippen molar-refractivity contribution in [3.05, 3.63) is 57.1 Å². The van der Waals surface area contributed by atoms with Crippen LogP contribution in [0.4, 0.5) is 22.7 Å². The van der Waals surface area contributed by atoms with Crippen LogP contribution in [0, 0.1) is 24.0 Å². The maximum Gasteiger partial charge on any atom is 0.271 e. The highest BCUT2D eigenvalue weighted by molar-refractivity contribution is 5.80. The van der Waals surface area contributed by atoms with Crippen LogP contribution in [-0.2, 0) is 6.42 Å². The van der Waals surface area contributed by atoms with E-state index in [2.05, 4.69) is 30.9 Å². The van der Waals surface area contributed by atoms with E-state index in [0.717, 1.165) is 24.3 Å². The summed E-state index contributed by atoms with van der Waals surface area (Å²) in [5.74, 6) is 0. The van der Waals surface area contributed by atoms with Crippen LogP contribution in [0.5, 0.6) is 0 Å². The van der Waals surface area contributed by atoms with Gasteiger partial charge in [-0.2, -0.15) is 0 Å². The van der Waals surface area contributed by atoms with Gasteiger partial charge in [0.15, 0.2) is 0 Å². The van der Waals surface area contributed by atoms with Crippen LogP contribution in [0.1, 0.15) is 16.7 Å². The molecular weight excluding hydrogens is 266 g/mol. The van der Waals surface area contributed by atoms with Crippen molar-refractivity contribution in [1.82, 2.24) is 0 Å². The van der Waals surface area contributed by atoms with Gasteiger partial charge in [-0.15, -0.1) is 0 Å². The molecule has 0 amide bonds. The predicted octanol–water partition coefficient (Wildman–Crippen LogP) is 3.49. The fraction of sp³-hybridized carbons (Fsp3) is 0.250. The average molecular weight is 283 g/mol. The molecule has 0 unspecified atom stereocenters. The summed E-state index contributed by atoms with van der Waals surface area (Å²) in [7, 11) is 0. The van der Waals surface area contributed by atoms with Crippen LogP contribution in [0.15, 0.2) is 30.3 Å². The lowest BCUT2D eigenvalue weighted by atomic mass is 10.0. The molecule has 0 bridgehead atoms. The lowest BCUT2D eigenvalue weighted by molar-refractivity contribution is -0.384. The van der Waals surface area contributed by atoms with Gasteiger partial charge in [-0.05, 0) is 49.1 Å². The third kappa shape index (κ3) is 2.20. The van der Waals surface area contributed by atoms with E-state index >= 15 is 0 Å². The molecular formula is C16H17N3O2. The fourth-order valence-corrected chi connectivity index (χ4v) is 2.82. The molecule has 0 aliphatic carbocycles. The van der Waals surface area contributed by atoms with Crippen LogP contribution in [0.25, 0.3) is 0 Å². The van der Waals surface area contributed by atoms with Crippen molar-refractivity contribution in [2.75, 3.05) is 17.2 Å². The molecule has 5 nitrogen and oxygen atoms in total. The molecule has 1 heterocycles. The Morgan fingerprint density at radius 1 is 1.14 bits per heavy atom. The highest BCUT2D eigenvalue weighted by atomic mass is 16.6. The zero-order chi connectivity index (χ0) is 15.1. The Hall–Kier alpha value is -2.56. The number of rotatable bonds is 2. The Kier molecular flexibility index (Phi) is 3.05. The Morgan fingerprint density at radius 2 is 1.86 bits per heavy atom. The van der Waals surface area contributed by atoms with Crippen LogP contribution >= 0.6 is 0 Å². The molecule has 108 valence electrons. The first-order valence-corrected chi connectivity index (χ1v) is 6.89. The number of benzene rings is 2. The van der Waals surface area contributed by atoms with Crippen molar-refractivity contribution >= 4 is 22.7 Å². The highest BCUT2D eigenvalue weighted by Crippen LogP contribution is 2.39. The number of nitrogen functional groups attached to an aromatic ring is 1. The Labute approximate surface area is 123 Å². The van der Waals surface area contributed by atoms with Gasteiger partial charge >= 0.3 is 0 Å². The molecule has 5 heteroatoms. The van der Waals surface area contributed by atoms with E-state index in [1.54, 1.807) is 6.07 Å². The van der Waals surface area contributed by atoms with Crippen LogP contribution in [0.3, 0.4) is 0 Å². The molecule has 0 saturated carbocycles. The molecule has 2 N–H and O–H groups in total. The lowest BCUT2D eigenvalue weighted by Gasteiger charge is -2.22. The minimum Gasteiger partial charge on any atom is -0.397 e. The molecule has 3 rings (SSSR count). The number of hydrogen-bond acceptors (Lipinski definition) is 4. The van der Waals surface area contributed by atoms with E-state index < -0.39 is 4.92 Å². The van der Waals surface area contributed by atoms with Gasteiger partial charge in [0.25, 0.3) is 5.69 Å². The summed E-state index contributed by atoms with van der Waals surface area (Å²) < 4.78 is 0. The summed E-state index contributed by atoms with van der Waals surface area (Å²) in [4.78, 5) is 12.5. The molecule has 1 aliphatic rings. The number of hydrogen-bond donors (Lipinski definition) is 1. The highest BCUT2D eigenvalue weighted by Gasteiger charge is 2.23. The summed E-state index contributed by atoms with van der Waals surface area (Å²) in [6.45, 7) is 5.05. The van der Waals surface area contributed by atoms with Gasteiger partial charge in [-0.3, -0.25) is 10.1 Å². The van der Waals surface area contributed by atoms with Crippen molar-refractivity contribution in [2.24, 2.45) is 0 Å². The molecule has 0 saturated heterocycles. The Balaban J connectivity index is 2.05. The molecule has 0 aromatic heterocycles. The number of non-ortho nitro benzene ring substituents is 1. The number of nitrogens with zero attached hydrogens (tertiary/aromatic N) is 2. The molecule has 21 heavy (non-hydrogen) atoms. The average Bonchev–Trinajstić information content (AvgIpc) is 2.82. The van der Waals surface area contributed by atoms with Crippen LogP contribution in [0.2, 0.25) is 0 Å². The minimum absolute atomic E-state index is 0.0238. The number of fused-ring (bicyclic) bond motifs is 1. The fourth-order valence-electron chi connectivity index (χ4n) is 2.82. The van der Waals surface area contributed by atoms with E-state index in [-0.39, 0.29) is 5.69 Å². The van der Waals surface area contributed by atoms with Crippen molar-refractivity contribution in [1.29, 1.82) is 0 Å². The van der Waals surface area contributed by atoms with Crippen molar-refractivity contribution in [3.63, 3.8) is 0 Å². The third-order valence-corrected chi connectivity index (χ3v) is 4.10. The van der Waals surface area contributed by atoms with Gasteiger partial charge in [0, 0.05) is 24.4 Å². The molecule has 1 aliphatic heterocycles. The second-order valence-electron chi connectivity index (χ2n) is 5.47. The maximum absolute atomic E-state index is 10.8. The molecule has 0 spiro atoms. The van der Waals surface area contributed by atoms with Crippen LogP contribution in [-0.4, -0.2) is 11.5 Å². The summed E-state index contributed by atoms with van der Waals surface area (Å²) in [5.41, 5.74) is 12.3. The molecule has 2 aromatic carbocycles. The van der Waals surface area contributed by atoms with Crippen molar-refractivity contribution < 1.29 is 4.92 Å². The lowest BCUT2D eigenvalue weighted by Crippen LogP contribution is -2.15. The number of aryl methyl sites for hydroxylation is 2. The first-order valence-electron chi connectivity index (χ1n) is 6.89. The number of anilines is 3. The molecule has 0 fully saturated rings. The molecule has 2 aromatic rings. The summed E-state index contributed by atoms with van der Waals surface area (Å²) in [6, 6.07) is 9.04. The van der Waals surface area contributed by atoms with Crippen LogP contribution < -0.4 is 10.6 Å². The van der Waals surface area contributed by atoms with Gasteiger partial charge in [0.2, 0.25) is 0 Å². The number of nitro benzene ring substituents is 1. The zero-order valence-corrected chi connectivity index (χ0v) is 12.1. The SMILES string of the molecule is Cc1cc2c(cc1C)N(c1ccc([N+](=O)[O-])cc1N)CC2. The summed E-state index contributed by atoms with van der Waals surface area (Å²) in [5, 5.41) is 10.8. The second-order valence-corrected chi connectivity index (χ2v) is 5.47. The normalized spacial score (nSPS) is 13.3. The monoisotopic (exact) mass is 283 g/mol. The van der Waals surface area contributed by atoms with Gasteiger partial charge in [-0.1, -0.05) is 6.07 Å². The maximum atomic E-state index is 10.8. The molecule has 0 atom stereocenters. The number of nitrogens with two attached hydrogens (primary N) is 1. The smallest absolute Gasteiger partial charge is 0.271 e. The first kappa shape index (κ1) is 13.4. The van der Waals surface area contributed by atoms with Gasteiger partial charge < -0.3 is 10.6 Å². The van der Waals surface area contributed by atoms with Crippen molar-refractivity contribution in [3.8, 4) is 0 Å². The predicted molar refractivity (Wildman–Crippen MR) is 84.1 cm³/mol. The quantitative estimate of drug-likeness (QED) is 0.520. The summed E-state index contributed by atoms with van der Waals surface area (Å²) >= 11 is 0. The summed E-state index contributed by atoms with van der Waals surface area (Å²) in [6.07, 6.45) is 0.965. The standard InChI is InChI=1S/C16H17N3O2/c1-10-7-12-5-6-18(16(12)8-11(10)2)15-4-3-13(19(20)21)9-14(15)17/h3-4,7-9H,5-6,17H2,1-2H3. The van der Waals surface area contributed by atoms with Gasteiger partial charge in [-0.25, -0.2) is 0 Å². The Morgan fingerprint density at radius 3 is 2.52 bits per heavy atom. The van der Waals surface area contributed by atoms with Gasteiger partial charge in [0.1, 0.15) is 0 Å². The van der Waals surface area contributed by atoms with E-state index in [1.165, 1.54) is 28.8 Å². The van der Waals surface area contributed by atoms with E-state index in [0.29, 0.717) is 5.69 Å². The first-order chi connectivity index (χ1) is 9.97. The Bertz CT molecular complexity index is 741. The molecule has 0 radical (unpaired) electrons. The second kappa shape index (κ2) is 4.77. The van der Waals surface area contributed by atoms with E-state index in [9.17, 15) is 10.1 Å². The zero-order valence-electron chi connectivity index (χ0n) is 12.1.